The third kappa shape index (κ3) is 2.82. The smallest absolute Gasteiger partial charge is 0.257 e. The fraction of sp³-hybridized carbons (Fsp3) is 0.500. The minimum absolute atomic E-state index is 0.0405. The maximum atomic E-state index is 11.7. The molecule has 1 aromatic heterocycles. The molecule has 1 amide bonds. The molecule has 1 N–H and O–H groups in total. The maximum Gasteiger partial charge on any atom is 0.257 e. The van der Waals surface area contributed by atoms with Gasteiger partial charge in [-0.3, -0.25) is 4.79 Å². The van der Waals surface area contributed by atoms with E-state index in [0.29, 0.717) is 5.92 Å². The lowest BCUT2D eigenvalue weighted by Gasteiger charge is -2.09. The number of furan rings is 1. The van der Waals surface area contributed by atoms with Crippen molar-refractivity contribution >= 4 is 16.9 Å². The Kier molecular flexibility index (Phi) is 3.53. The number of hydrogen-bond donors (Lipinski definition) is 1. The largest absolute Gasteiger partial charge is 0.484 e. The van der Waals surface area contributed by atoms with E-state index in [1.54, 1.807) is 0 Å². The van der Waals surface area contributed by atoms with Gasteiger partial charge in [0.15, 0.2) is 6.61 Å². The highest BCUT2D eigenvalue weighted by molar-refractivity contribution is 5.84. The third-order valence-corrected chi connectivity index (χ3v) is 4.58. The van der Waals surface area contributed by atoms with Crippen LogP contribution in [-0.2, 0) is 17.6 Å². The van der Waals surface area contributed by atoms with Gasteiger partial charge in [-0.25, -0.2) is 0 Å². The first-order chi connectivity index (χ1) is 10.8. The van der Waals surface area contributed by atoms with Crippen LogP contribution in [0.3, 0.4) is 0 Å². The van der Waals surface area contributed by atoms with Gasteiger partial charge < -0.3 is 14.5 Å². The third-order valence-electron chi connectivity index (χ3n) is 4.58. The van der Waals surface area contributed by atoms with Crippen LogP contribution >= 0.6 is 0 Å². The van der Waals surface area contributed by atoms with Crippen molar-refractivity contribution in [3.8, 4) is 5.75 Å². The summed E-state index contributed by atoms with van der Waals surface area (Å²) in [6.07, 6.45) is 7.01. The molecule has 22 heavy (non-hydrogen) atoms. The van der Waals surface area contributed by atoms with E-state index in [1.807, 2.05) is 18.2 Å². The lowest BCUT2D eigenvalue weighted by Crippen LogP contribution is -2.30. The molecule has 0 spiro atoms. The maximum absolute atomic E-state index is 11.7. The number of nitrogens with one attached hydrogen (secondary N) is 1. The molecule has 4 nitrogen and oxygen atoms in total. The predicted molar refractivity (Wildman–Crippen MR) is 84.1 cm³/mol. The van der Waals surface area contributed by atoms with Crippen LogP contribution in [0.4, 0.5) is 0 Å². The first-order valence-corrected chi connectivity index (χ1v) is 8.23. The molecule has 1 saturated carbocycles. The number of rotatable bonds is 5. The van der Waals surface area contributed by atoms with E-state index in [-0.39, 0.29) is 12.5 Å². The number of aryl methyl sites for hydroxylation is 2. The summed E-state index contributed by atoms with van der Waals surface area (Å²) < 4.78 is 11.5. The van der Waals surface area contributed by atoms with E-state index in [1.165, 1.54) is 31.2 Å². The Hall–Kier alpha value is -1.97. The molecular weight excluding hydrogens is 278 g/mol. The van der Waals surface area contributed by atoms with Gasteiger partial charge in [-0.15, -0.1) is 0 Å². The number of carbonyl (C=O) groups is 1. The van der Waals surface area contributed by atoms with Gasteiger partial charge in [-0.05, 0) is 56.2 Å². The van der Waals surface area contributed by atoms with Crippen LogP contribution in [-0.4, -0.2) is 19.1 Å². The molecule has 0 atom stereocenters. The van der Waals surface area contributed by atoms with Crippen LogP contribution in [0.25, 0.3) is 11.0 Å². The van der Waals surface area contributed by atoms with Crippen molar-refractivity contribution in [3.63, 3.8) is 0 Å². The number of benzene rings is 1. The van der Waals surface area contributed by atoms with E-state index in [4.69, 9.17) is 9.15 Å². The highest BCUT2D eigenvalue weighted by atomic mass is 16.5. The van der Waals surface area contributed by atoms with Crippen molar-refractivity contribution in [2.75, 3.05) is 13.2 Å². The highest BCUT2D eigenvalue weighted by Gasteiger charge is 2.22. The highest BCUT2D eigenvalue weighted by Crippen LogP contribution is 2.33. The molecule has 2 aliphatic rings. The fourth-order valence-electron chi connectivity index (χ4n) is 3.11. The Morgan fingerprint density at radius 2 is 2.14 bits per heavy atom. The molecule has 1 fully saturated rings. The van der Waals surface area contributed by atoms with Crippen molar-refractivity contribution < 1.29 is 13.9 Å². The molecular formula is C18H21NO3. The quantitative estimate of drug-likeness (QED) is 0.922. The first kappa shape index (κ1) is 13.7. The molecule has 1 aromatic carbocycles. The van der Waals surface area contributed by atoms with Crippen molar-refractivity contribution in [1.29, 1.82) is 0 Å². The summed E-state index contributed by atoms with van der Waals surface area (Å²) in [5.41, 5.74) is 2.25. The number of carbonyl (C=O) groups excluding carboxylic acids is 1. The van der Waals surface area contributed by atoms with Gasteiger partial charge in [0.2, 0.25) is 0 Å². The molecule has 0 radical (unpaired) electrons. The van der Waals surface area contributed by atoms with Gasteiger partial charge in [0.1, 0.15) is 17.1 Å². The van der Waals surface area contributed by atoms with E-state index >= 15 is 0 Å². The number of ether oxygens (including phenoxy) is 1. The summed E-state index contributed by atoms with van der Waals surface area (Å²) in [6.45, 7) is 0.870. The molecule has 0 unspecified atom stereocenters. The monoisotopic (exact) mass is 299 g/mol. The summed E-state index contributed by atoms with van der Waals surface area (Å²) in [5.74, 6) is 2.52. The summed E-state index contributed by atoms with van der Waals surface area (Å²) in [7, 11) is 0. The Morgan fingerprint density at radius 1 is 1.27 bits per heavy atom. The number of hydrogen-bond acceptors (Lipinski definition) is 3. The lowest BCUT2D eigenvalue weighted by molar-refractivity contribution is -0.123. The van der Waals surface area contributed by atoms with E-state index in [0.717, 1.165) is 41.9 Å². The molecule has 1 heterocycles. The van der Waals surface area contributed by atoms with E-state index in [9.17, 15) is 4.79 Å². The van der Waals surface area contributed by atoms with Crippen molar-refractivity contribution in [2.45, 2.75) is 38.5 Å². The first-order valence-electron chi connectivity index (χ1n) is 8.23. The Morgan fingerprint density at radius 3 is 3.00 bits per heavy atom. The van der Waals surface area contributed by atoms with Crippen LogP contribution < -0.4 is 10.1 Å². The second-order valence-electron chi connectivity index (χ2n) is 6.40. The van der Waals surface area contributed by atoms with Crippen molar-refractivity contribution in [3.05, 3.63) is 29.5 Å². The van der Waals surface area contributed by atoms with Gasteiger partial charge >= 0.3 is 0 Å². The second kappa shape index (κ2) is 5.67. The van der Waals surface area contributed by atoms with Gasteiger partial charge in [-0.1, -0.05) is 0 Å². The molecule has 0 saturated heterocycles. The minimum Gasteiger partial charge on any atom is -0.484 e. The van der Waals surface area contributed by atoms with Crippen LogP contribution in [0.5, 0.6) is 5.75 Å². The predicted octanol–water partition coefficient (Wildman–Crippen LogP) is 3.22. The normalized spacial score (nSPS) is 17.3. The molecule has 4 heteroatoms. The van der Waals surface area contributed by atoms with Crippen LogP contribution in [0, 0.1) is 5.92 Å². The Labute approximate surface area is 129 Å². The molecule has 0 bridgehead atoms. The summed E-state index contributed by atoms with van der Waals surface area (Å²) in [4.78, 5) is 11.7. The molecule has 0 aliphatic heterocycles. The van der Waals surface area contributed by atoms with E-state index < -0.39 is 0 Å². The zero-order valence-corrected chi connectivity index (χ0v) is 12.7. The van der Waals surface area contributed by atoms with Gasteiger partial charge in [-0.2, -0.15) is 0 Å². The standard InChI is InChI=1S/C18H21NO3/c20-18(19-10-12-5-6-12)11-21-13-7-8-17-15(9-13)14-3-1-2-4-16(14)22-17/h7-9,12H,1-6,10-11H2,(H,19,20). The van der Waals surface area contributed by atoms with Gasteiger partial charge in [0, 0.05) is 23.9 Å². The molecule has 2 aromatic rings. The zero-order chi connectivity index (χ0) is 14.9. The fourth-order valence-corrected chi connectivity index (χ4v) is 3.11. The minimum atomic E-state index is -0.0405. The van der Waals surface area contributed by atoms with Crippen LogP contribution in [0.2, 0.25) is 0 Å². The number of fused-ring (bicyclic) bond motifs is 3. The van der Waals surface area contributed by atoms with Crippen LogP contribution in [0.1, 0.15) is 37.0 Å². The molecule has 2 aliphatic carbocycles. The second-order valence-corrected chi connectivity index (χ2v) is 6.40. The molecule has 4 rings (SSSR count). The average molecular weight is 299 g/mol. The number of amides is 1. The van der Waals surface area contributed by atoms with Crippen molar-refractivity contribution in [1.82, 2.24) is 5.32 Å². The average Bonchev–Trinajstić information content (AvgIpc) is 3.30. The Balaban J connectivity index is 1.44. The lowest BCUT2D eigenvalue weighted by atomic mass is 9.96. The van der Waals surface area contributed by atoms with Crippen molar-refractivity contribution in [2.24, 2.45) is 5.92 Å². The zero-order valence-electron chi connectivity index (χ0n) is 12.7. The topological polar surface area (TPSA) is 51.5 Å². The van der Waals surface area contributed by atoms with Gasteiger partial charge in [0.25, 0.3) is 5.91 Å². The molecule has 116 valence electrons. The van der Waals surface area contributed by atoms with Gasteiger partial charge in [0.05, 0.1) is 0 Å². The summed E-state index contributed by atoms with van der Waals surface area (Å²) in [5, 5.41) is 4.06. The van der Waals surface area contributed by atoms with E-state index in [2.05, 4.69) is 5.32 Å². The Bertz CT molecular complexity index is 700. The summed E-state index contributed by atoms with van der Waals surface area (Å²) in [6, 6.07) is 5.84. The van der Waals surface area contributed by atoms with Crippen LogP contribution in [0.15, 0.2) is 22.6 Å². The summed E-state index contributed by atoms with van der Waals surface area (Å²) >= 11 is 0. The SMILES string of the molecule is O=C(COc1ccc2oc3c(c2c1)CCCC3)NCC1CC1.